The molecule has 0 aromatic carbocycles. The largest absolute Gasteiger partial charge is 0.480 e. The summed E-state index contributed by atoms with van der Waals surface area (Å²) < 4.78 is 0. The standard InChI is InChI=1S/C10H18N4O2/c11-14-12-7-9(10(15)16)13-8-5-3-1-2-4-6-8/h8-9,13H,1-7H2,(H,15,16). The van der Waals surface area contributed by atoms with Crippen LogP contribution in [0.25, 0.3) is 10.4 Å². The van der Waals surface area contributed by atoms with Crippen LogP contribution in [0.5, 0.6) is 0 Å². The summed E-state index contributed by atoms with van der Waals surface area (Å²) >= 11 is 0. The monoisotopic (exact) mass is 226 g/mol. The van der Waals surface area contributed by atoms with Crippen molar-refractivity contribution in [3.05, 3.63) is 10.4 Å². The van der Waals surface area contributed by atoms with Gasteiger partial charge in [-0.1, -0.05) is 30.8 Å². The Labute approximate surface area is 94.7 Å². The summed E-state index contributed by atoms with van der Waals surface area (Å²) in [7, 11) is 0. The molecule has 1 rings (SSSR count). The Hall–Kier alpha value is -1.26. The number of hydrogen-bond acceptors (Lipinski definition) is 3. The smallest absolute Gasteiger partial charge is 0.320 e. The summed E-state index contributed by atoms with van der Waals surface area (Å²) in [5, 5.41) is 15.3. The number of hydrogen-bond donors (Lipinski definition) is 2. The van der Waals surface area contributed by atoms with Crippen LogP contribution in [0.2, 0.25) is 0 Å². The zero-order valence-electron chi connectivity index (χ0n) is 9.30. The zero-order chi connectivity index (χ0) is 11.8. The molecule has 0 amide bonds. The second-order valence-electron chi connectivity index (χ2n) is 4.16. The van der Waals surface area contributed by atoms with Crippen molar-refractivity contribution in [2.24, 2.45) is 5.11 Å². The minimum absolute atomic E-state index is 0.0255. The Morgan fingerprint density at radius 3 is 2.56 bits per heavy atom. The van der Waals surface area contributed by atoms with Crippen molar-refractivity contribution in [2.75, 3.05) is 6.54 Å². The van der Waals surface area contributed by atoms with Crippen LogP contribution < -0.4 is 5.32 Å². The Bertz CT molecular complexity index is 268. The fourth-order valence-electron chi connectivity index (χ4n) is 2.05. The lowest BCUT2D eigenvalue weighted by Crippen LogP contribution is -2.45. The van der Waals surface area contributed by atoms with Crippen molar-refractivity contribution in [2.45, 2.75) is 50.6 Å². The lowest BCUT2D eigenvalue weighted by molar-refractivity contribution is -0.139. The van der Waals surface area contributed by atoms with Crippen LogP contribution in [0, 0.1) is 0 Å². The van der Waals surface area contributed by atoms with E-state index in [-0.39, 0.29) is 12.6 Å². The van der Waals surface area contributed by atoms with E-state index in [2.05, 4.69) is 15.3 Å². The van der Waals surface area contributed by atoms with Gasteiger partial charge in [-0.25, -0.2) is 0 Å². The van der Waals surface area contributed by atoms with E-state index in [0.717, 1.165) is 25.7 Å². The molecular formula is C10H18N4O2. The summed E-state index contributed by atoms with van der Waals surface area (Å²) in [5.41, 5.74) is 8.19. The second-order valence-corrected chi connectivity index (χ2v) is 4.16. The average Bonchev–Trinajstić information content (AvgIpc) is 2.52. The Morgan fingerprint density at radius 2 is 2.06 bits per heavy atom. The maximum atomic E-state index is 10.9. The van der Waals surface area contributed by atoms with Gasteiger partial charge in [0.1, 0.15) is 6.04 Å². The second kappa shape index (κ2) is 7.09. The molecule has 0 heterocycles. The molecule has 0 bridgehead atoms. The molecule has 0 saturated heterocycles. The average molecular weight is 226 g/mol. The quantitative estimate of drug-likeness (QED) is 0.325. The molecule has 1 fully saturated rings. The summed E-state index contributed by atoms with van der Waals surface area (Å²) in [6.45, 7) is -0.0255. The number of carbonyl (C=O) groups is 1. The summed E-state index contributed by atoms with van der Waals surface area (Å²) in [6, 6.07) is -0.503. The molecule has 1 aliphatic carbocycles. The van der Waals surface area contributed by atoms with Crippen LogP contribution >= 0.6 is 0 Å². The minimum Gasteiger partial charge on any atom is -0.480 e. The molecule has 1 aliphatic rings. The predicted molar refractivity (Wildman–Crippen MR) is 60.1 cm³/mol. The van der Waals surface area contributed by atoms with E-state index >= 15 is 0 Å². The van der Waals surface area contributed by atoms with Gasteiger partial charge in [-0.2, -0.15) is 0 Å². The van der Waals surface area contributed by atoms with Crippen LogP contribution in [-0.4, -0.2) is 29.7 Å². The Kier molecular flexibility index (Phi) is 5.67. The number of carboxylic acids is 1. The maximum absolute atomic E-state index is 10.9. The Morgan fingerprint density at radius 1 is 1.44 bits per heavy atom. The molecule has 1 unspecified atom stereocenters. The molecule has 2 N–H and O–H groups in total. The van der Waals surface area contributed by atoms with Gasteiger partial charge in [0.25, 0.3) is 0 Å². The molecule has 0 aromatic heterocycles. The third kappa shape index (κ3) is 4.51. The van der Waals surface area contributed by atoms with Crippen LogP contribution in [0.4, 0.5) is 0 Å². The summed E-state index contributed by atoms with van der Waals surface area (Å²) in [6.07, 6.45) is 6.77. The first-order valence-electron chi connectivity index (χ1n) is 5.73. The molecule has 1 atom stereocenters. The maximum Gasteiger partial charge on any atom is 0.320 e. The lowest BCUT2D eigenvalue weighted by atomic mass is 10.1. The van der Waals surface area contributed by atoms with E-state index in [4.69, 9.17) is 10.6 Å². The summed E-state index contributed by atoms with van der Waals surface area (Å²) in [4.78, 5) is 13.5. The van der Waals surface area contributed by atoms with Gasteiger partial charge in [-0.15, -0.1) is 0 Å². The van der Waals surface area contributed by atoms with Gasteiger partial charge in [-0.05, 0) is 18.4 Å². The number of nitrogens with zero attached hydrogens (tertiary/aromatic N) is 3. The highest BCUT2D eigenvalue weighted by Gasteiger charge is 2.21. The van der Waals surface area contributed by atoms with Crippen molar-refractivity contribution < 1.29 is 9.90 Å². The molecular weight excluding hydrogens is 208 g/mol. The highest BCUT2D eigenvalue weighted by Crippen LogP contribution is 2.17. The first kappa shape index (κ1) is 12.8. The van der Waals surface area contributed by atoms with Crippen molar-refractivity contribution >= 4 is 5.97 Å². The van der Waals surface area contributed by atoms with E-state index in [0.29, 0.717) is 0 Å². The third-order valence-corrected chi connectivity index (χ3v) is 2.92. The van der Waals surface area contributed by atoms with E-state index in [9.17, 15) is 4.79 Å². The lowest BCUT2D eigenvalue weighted by Gasteiger charge is -2.20. The van der Waals surface area contributed by atoms with Crippen LogP contribution in [0.15, 0.2) is 5.11 Å². The van der Waals surface area contributed by atoms with Gasteiger partial charge < -0.3 is 10.4 Å². The zero-order valence-corrected chi connectivity index (χ0v) is 9.30. The number of nitrogens with one attached hydrogen (secondary N) is 1. The van der Waals surface area contributed by atoms with Crippen molar-refractivity contribution in [1.29, 1.82) is 0 Å². The SMILES string of the molecule is [N-]=[N+]=NCC(NC1CCCCCC1)C(=O)O. The normalized spacial score (nSPS) is 19.5. The fraction of sp³-hybridized carbons (Fsp3) is 0.900. The highest BCUT2D eigenvalue weighted by atomic mass is 16.4. The van der Waals surface area contributed by atoms with Crippen LogP contribution in [-0.2, 0) is 4.79 Å². The predicted octanol–water partition coefficient (Wildman–Crippen LogP) is 2.06. The van der Waals surface area contributed by atoms with Gasteiger partial charge in [0, 0.05) is 11.0 Å². The van der Waals surface area contributed by atoms with Crippen LogP contribution in [0.1, 0.15) is 38.5 Å². The molecule has 0 radical (unpaired) electrons. The van der Waals surface area contributed by atoms with E-state index in [1.54, 1.807) is 0 Å². The molecule has 1 saturated carbocycles. The van der Waals surface area contributed by atoms with Gasteiger partial charge in [0.05, 0.1) is 6.54 Å². The topological polar surface area (TPSA) is 98.1 Å². The Balaban J connectivity index is 2.45. The van der Waals surface area contributed by atoms with Crippen molar-refractivity contribution in [3.63, 3.8) is 0 Å². The van der Waals surface area contributed by atoms with E-state index in [1.807, 2.05) is 0 Å². The van der Waals surface area contributed by atoms with Gasteiger partial charge in [0.2, 0.25) is 0 Å². The van der Waals surface area contributed by atoms with Gasteiger partial charge >= 0.3 is 5.97 Å². The van der Waals surface area contributed by atoms with Crippen LogP contribution in [0.3, 0.4) is 0 Å². The molecule has 16 heavy (non-hydrogen) atoms. The van der Waals surface area contributed by atoms with Crippen molar-refractivity contribution in [3.8, 4) is 0 Å². The molecule has 0 aromatic rings. The molecule has 6 heteroatoms. The van der Waals surface area contributed by atoms with E-state index < -0.39 is 12.0 Å². The first-order valence-corrected chi connectivity index (χ1v) is 5.73. The highest BCUT2D eigenvalue weighted by molar-refractivity contribution is 5.73. The fourth-order valence-corrected chi connectivity index (χ4v) is 2.05. The van der Waals surface area contributed by atoms with Gasteiger partial charge in [-0.3, -0.25) is 4.79 Å². The minimum atomic E-state index is -0.948. The third-order valence-electron chi connectivity index (χ3n) is 2.92. The first-order chi connectivity index (χ1) is 7.74. The van der Waals surface area contributed by atoms with E-state index in [1.165, 1.54) is 12.8 Å². The number of carboxylic acid groups (broad SMARTS) is 1. The molecule has 90 valence electrons. The molecule has 0 aliphatic heterocycles. The summed E-state index contributed by atoms with van der Waals surface area (Å²) in [5.74, 6) is -0.948. The number of azide groups is 1. The molecule has 0 spiro atoms. The number of aliphatic carboxylic acids is 1. The van der Waals surface area contributed by atoms with Gasteiger partial charge in [0.15, 0.2) is 0 Å². The molecule has 6 nitrogen and oxygen atoms in total. The van der Waals surface area contributed by atoms with Crippen molar-refractivity contribution in [1.82, 2.24) is 5.32 Å². The number of rotatable bonds is 5.